The Morgan fingerprint density at radius 3 is 2.56 bits per heavy atom. The maximum Gasteiger partial charge on any atom is 0.328 e. The van der Waals surface area contributed by atoms with Crippen LogP contribution in [0.15, 0.2) is 12.2 Å². The van der Waals surface area contributed by atoms with Crippen LogP contribution in [0.25, 0.3) is 0 Å². The largest absolute Gasteiger partial charge is 0.478 e. The summed E-state index contributed by atoms with van der Waals surface area (Å²) in [6.07, 6.45) is 1.40. The highest BCUT2D eigenvalue weighted by molar-refractivity contribution is 6.02. The van der Waals surface area contributed by atoms with Gasteiger partial charge in [0.1, 0.15) is 0 Å². The molecule has 7 heteroatoms. The van der Waals surface area contributed by atoms with Crippen LogP contribution in [0.2, 0.25) is 0 Å². The van der Waals surface area contributed by atoms with Gasteiger partial charge in [-0.15, -0.1) is 0 Å². The molecule has 0 aromatic heterocycles. The third-order valence-electron chi connectivity index (χ3n) is 1.35. The van der Waals surface area contributed by atoms with E-state index in [1.165, 1.54) is 0 Å². The van der Waals surface area contributed by atoms with Crippen LogP contribution in [0.3, 0.4) is 0 Å². The van der Waals surface area contributed by atoms with Crippen molar-refractivity contribution in [2.75, 3.05) is 19.8 Å². The van der Waals surface area contributed by atoms with Gasteiger partial charge in [0.15, 0.2) is 0 Å². The van der Waals surface area contributed by atoms with Gasteiger partial charge in [-0.3, -0.25) is 10.1 Å². The quantitative estimate of drug-likeness (QED) is 0.421. The fourth-order valence-corrected chi connectivity index (χ4v) is 0.726. The zero-order valence-electron chi connectivity index (χ0n) is 8.86. The summed E-state index contributed by atoms with van der Waals surface area (Å²) in [6.45, 7) is 2.99. The van der Waals surface area contributed by atoms with Gasteiger partial charge in [-0.1, -0.05) is 0 Å². The van der Waals surface area contributed by atoms with Crippen LogP contribution in [0.5, 0.6) is 0 Å². The first-order valence-corrected chi connectivity index (χ1v) is 4.63. The molecule has 90 valence electrons. The van der Waals surface area contributed by atoms with E-state index in [0.29, 0.717) is 19.3 Å². The summed E-state index contributed by atoms with van der Waals surface area (Å²) < 4.78 is 4.95. The first kappa shape index (κ1) is 14.1. The molecule has 0 spiro atoms. The molecule has 0 aromatic rings. The third kappa shape index (κ3) is 8.70. The minimum Gasteiger partial charge on any atom is -0.478 e. The van der Waals surface area contributed by atoms with Crippen molar-refractivity contribution in [1.29, 1.82) is 0 Å². The number of carbonyl (C=O) groups is 3. The first-order valence-electron chi connectivity index (χ1n) is 4.63. The van der Waals surface area contributed by atoms with Crippen LogP contribution in [0.4, 0.5) is 4.79 Å². The molecule has 3 N–H and O–H groups in total. The molecule has 0 aromatic carbocycles. The second-order valence-corrected chi connectivity index (χ2v) is 2.61. The second-order valence-electron chi connectivity index (χ2n) is 2.61. The number of imide groups is 1. The average Bonchev–Trinajstić information content (AvgIpc) is 2.21. The van der Waals surface area contributed by atoms with Crippen molar-refractivity contribution in [3.05, 3.63) is 12.2 Å². The van der Waals surface area contributed by atoms with Crippen molar-refractivity contribution in [1.82, 2.24) is 10.6 Å². The topological polar surface area (TPSA) is 105 Å². The van der Waals surface area contributed by atoms with Crippen molar-refractivity contribution >= 4 is 17.9 Å². The zero-order chi connectivity index (χ0) is 12.4. The molecule has 0 heterocycles. The predicted molar refractivity (Wildman–Crippen MR) is 54.8 cm³/mol. The fraction of sp³-hybridized carbons (Fsp3) is 0.444. The maximum absolute atomic E-state index is 11.0. The Balaban J connectivity index is 3.70. The molecule has 0 radical (unpaired) electrons. The molecular weight excluding hydrogens is 216 g/mol. The highest BCUT2D eigenvalue weighted by Gasteiger charge is 2.03. The SMILES string of the molecule is CCOCCNC(=O)NC(=O)/C=C/C(=O)O. The number of urea groups is 1. The van der Waals surface area contributed by atoms with Gasteiger partial charge in [0.05, 0.1) is 6.61 Å². The standard InChI is InChI=1S/C9H14N2O5/c1-2-16-6-5-10-9(15)11-7(12)3-4-8(13)14/h3-4H,2,5-6H2,1H3,(H,13,14)(H2,10,11,12,15)/b4-3+. The molecule has 0 bridgehead atoms. The summed E-state index contributed by atoms with van der Waals surface area (Å²) in [5.41, 5.74) is 0. The molecule has 0 aliphatic heterocycles. The lowest BCUT2D eigenvalue weighted by Crippen LogP contribution is -2.40. The fourth-order valence-electron chi connectivity index (χ4n) is 0.726. The Hall–Kier alpha value is -1.89. The van der Waals surface area contributed by atoms with Gasteiger partial charge < -0.3 is 15.2 Å². The van der Waals surface area contributed by atoms with E-state index in [9.17, 15) is 14.4 Å². The summed E-state index contributed by atoms with van der Waals surface area (Å²) >= 11 is 0. The Morgan fingerprint density at radius 2 is 2.00 bits per heavy atom. The summed E-state index contributed by atoms with van der Waals surface area (Å²) in [5.74, 6) is -2.05. The second kappa shape index (κ2) is 8.42. The van der Waals surface area contributed by atoms with Gasteiger partial charge in [-0.25, -0.2) is 9.59 Å². The minimum absolute atomic E-state index is 0.273. The van der Waals surface area contributed by atoms with Crippen LogP contribution in [-0.2, 0) is 14.3 Å². The summed E-state index contributed by atoms with van der Waals surface area (Å²) in [6, 6.07) is -0.695. The number of rotatable bonds is 6. The number of hydrogen-bond donors (Lipinski definition) is 3. The Morgan fingerprint density at radius 1 is 1.31 bits per heavy atom. The molecule has 0 fully saturated rings. The molecule has 16 heavy (non-hydrogen) atoms. The lowest BCUT2D eigenvalue weighted by atomic mass is 10.5. The van der Waals surface area contributed by atoms with Gasteiger partial charge in [-0.05, 0) is 6.92 Å². The van der Waals surface area contributed by atoms with Crippen LogP contribution in [-0.4, -0.2) is 42.8 Å². The first-order chi connectivity index (χ1) is 7.56. The summed E-state index contributed by atoms with van der Waals surface area (Å²) in [5, 5.41) is 12.5. The minimum atomic E-state index is -1.26. The van der Waals surface area contributed by atoms with Gasteiger partial charge in [0, 0.05) is 25.3 Å². The molecule has 7 nitrogen and oxygen atoms in total. The Kier molecular flexibility index (Phi) is 7.43. The molecule has 0 aliphatic carbocycles. The van der Waals surface area contributed by atoms with E-state index in [-0.39, 0.29) is 6.54 Å². The maximum atomic E-state index is 11.0. The van der Waals surface area contributed by atoms with Gasteiger partial charge >= 0.3 is 12.0 Å². The normalized spacial score (nSPS) is 10.1. The van der Waals surface area contributed by atoms with Gasteiger partial charge in [0.25, 0.3) is 5.91 Å². The van der Waals surface area contributed by atoms with E-state index in [4.69, 9.17) is 9.84 Å². The average molecular weight is 230 g/mol. The van der Waals surface area contributed by atoms with Crippen LogP contribution < -0.4 is 10.6 Å². The summed E-state index contributed by atoms with van der Waals surface area (Å²) in [4.78, 5) is 31.9. The predicted octanol–water partition coefficient (Wildman–Crippen LogP) is -0.510. The van der Waals surface area contributed by atoms with E-state index in [1.54, 1.807) is 0 Å². The number of aliphatic carboxylic acids is 1. The van der Waals surface area contributed by atoms with Crippen molar-refractivity contribution in [3.63, 3.8) is 0 Å². The monoisotopic (exact) mass is 230 g/mol. The summed E-state index contributed by atoms with van der Waals surface area (Å²) in [7, 11) is 0. The smallest absolute Gasteiger partial charge is 0.328 e. The number of ether oxygens (including phenoxy) is 1. The van der Waals surface area contributed by atoms with E-state index in [0.717, 1.165) is 6.08 Å². The van der Waals surface area contributed by atoms with Crippen LogP contribution in [0, 0.1) is 0 Å². The molecule has 0 saturated heterocycles. The van der Waals surface area contributed by atoms with Gasteiger partial charge in [-0.2, -0.15) is 0 Å². The Bertz CT molecular complexity index is 288. The van der Waals surface area contributed by atoms with E-state index < -0.39 is 17.9 Å². The molecule has 0 saturated carbocycles. The van der Waals surface area contributed by atoms with Crippen LogP contribution >= 0.6 is 0 Å². The third-order valence-corrected chi connectivity index (χ3v) is 1.35. The van der Waals surface area contributed by atoms with E-state index >= 15 is 0 Å². The van der Waals surface area contributed by atoms with E-state index in [1.807, 2.05) is 12.2 Å². The number of carboxylic acid groups (broad SMARTS) is 1. The van der Waals surface area contributed by atoms with Crippen LogP contribution in [0.1, 0.15) is 6.92 Å². The van der Waals surface area contributed by atoms with Crippen molar-refractivity contribution < 1.29 is 24.2 Å². The lowest BCUT2D eigenvalue weighted by molar-refractivity contribution is -0.131. The van der Waals surface area contributed by atoms with Crippen molar-refractivity contribution in [2.45, 2.75) is 6.92 Å². The molecular formula is C9H14N2O5. The number of amides is 3. The molecule has 0 rings (SSSR count). The highest BCUT2D eigenvalue weighted by atomic mass is 16.5. The Labute approximate surface area is 92.5 Å². The lowest BCUT2D eigenvalue weighted by Gasteiger charge is -2.04. The number of hydrogen-bond acceptors (Lipinski definition) is 4. The van der Waals surface area contributed by atoms with Gasteiger partial charge in [0.2, 0.25) is 0 Å². The number of nitrogens with one attached hydrogen (secondary N) is 2. The molecule has 0 unspecified atom stereocenters. The number of carboxylic acids is 1. The van der Waals surface area contributed by atoms with Crippen molar-refractivity contribution in [2.24, 2.45) is 0 Å². The molecule has 3 amide bonds. The zero-order valence-corrected chi connectivity index (χ0v) is 8.86. The van der Waals surface area contributed by atoms with Crippen molar-refractivity contribution in [3.8, 4) is 0 Å². The molecule has 0 aliphatic rings. The molecule has 0 atom stereocenters. The highest BCUT2D eigenvalue weighted by Crippen LogP contribution is 1.76. The number of carbonyl (C=O) groups excluding carboxylic acids is 2. The van der Waals surface area contributed by atoms with E-state index in [2.05, 4.69) is 5.32 Å².